The SMILES string of the molecule is CC[C@@H](C(=O)NC)N(CCc1ccccc1)C(=O)CN(c1cccc(Cl)c1)S(C)(=O)=O. The fourth-order valence-electron chi connectivity index (χ4n) is 3.31. The summed E-state index contributed by atoms with van der Waals surface area (Å²) in [6.45, 7) is 1.66. The molecule has 1 atom stereocenters. The van der Waals surface area contributed by atoms with Crippen molar-refractivity contribution in [2.45, 2.75) is 25.8 Å². The predicted molar refractivity (Wildman–Crippen MR) is 124 cm³/mol. The average molecular weight is 466 g/mol. The van der Waals surface area contributed by atoms with E-state index in [4.69, 9.17) is 11.6 Å². The first kappa shape index (κ1) is 24.7. The Kier molecular flexibility index (Phi) is 8.88. The molecule has 0 aliphatic carbocycles. The quantitative estimate of drug-likeness (QED) is 0.584. The lowest BCUT2D eigenvalue weighted by Crippen LogP contribution is -2.52. The number of benzene rings is 2. The van der Waals surface area contributed by atoms with E-state index in [1.165, 1.54) is 18.0 Å². The van der Waals surface area contributed by atoms with E-state index in [0.717, 1.165) is 16.1 Å². The zero-order chi connectivity index (χ0) is 23.0. The molecule has 2 aromatic carbocycles. The lowest BCUT2D eigenvalue weighted by atomic mass is 10.1. The van der Waals surface area contributed by atoms with E-state index >= 15 is 0 Å². The number of carbonyl (C=O) groups is 2. The Morgan fingerprint density at radius 2 is 1.77 bits per heavy atom. The lowest BCUT2D eigenvalue weighted by Gasteiger charge is -2.32. The summed E-state index contributed by atoms with van der Waals surface area (Å²) in [6.07, 6.45) is 1.97. The Bertz CT molecular complexity index is 999. The van der Waals surface area contributed by atoms with Crippen molar-refractivity contribution in [2.24, 2.45) is 0 Å². The van der Waals surface area contributed by atoms with Gasteiger partial charge in [0.1, 0.15) is 12.6 Å². The van der Waals surface area contributed by atoms with Crippen molar-refractivity contribution >= 4 is 39.1 Å². The number of nitrogens with zero attached hydrogens (tertiary/aromatic N) is 2. The standard InChI is InChI=1S/C22H28ClN3O4S/c1-4-20(22(28)24-2)25(14-13-17-9-6-5-7-10-17)21(27)16-26(31(3,29)30)19-12-8-11-18(23)15-19/h5-12,15,20H,4,13-14,16H2,1-3H3,(H,24,28)/t20-/m0/s1. The Morgan fingerprint density at radius 1 is 1.10 bits per heavy atom. The number of carbonyl (C=O) groups excluding carboxylic acids is 2. The number of nitrogens with one attached hydrogen (secondary N) is 1. The number of hydrogen-bond donors (Lipinski definition) is 1. The van der Waals surface area contributed by atoms with Crippen molar-refractivity contribution in [1.29, 1.82) is 0 Å². The Hall–Kier alpha value is -2.58. The van der Waals surface area contributed by atoms with Gasteiger partial charge in [-0.05, 0) is 36.6 Å². The third-order valence-electron chi connectivity index (χ3n) is 4.89. The van der Waals surface area contributed by atoms with Crippen molar-refractivity contribution < 1.29 is 18.0 Å². The molecule has 2 rings (SSSR count). The highest BCUT2D eigenvalue weighted by Crippen LogP contribution is 2.22. The van der Waals surface area contributed by atoms with Crippen LogP contribution < -0.4 is 9.62 Å². The van der Waals surface area contributed by atoms with Crippen LogP contribution in [0.1, 0.15) is 18.9 Å². The van der Waals surface area contributed by atoms with Crippen molar-refractivity contribution in [1.82, 2.24) is 10.2 Å². The number of anilines is 1. The lowest BCUT2D eigenvalue weighted by molar-refractivity contribution is -0.139. The topological polar surface area (TPSA) is 86.8 Å². The van der Waals surface area contributed by atoms with Gasteiger partial charge in [-0.1, -0.05) is 54.9 Å². The van der Waals surface area contributed by atoms with Gasteiger partial charge in [-0.25, -0.2) is 8.42 Å². The molecule has 9 heteroatoms. The molecular weight excluding hydrogens is 438 g/mol. The van der Waals surface area contributed by atoms with E-state index in [0.29, 0.717) is 23.6 Å². The number of rotatable bonds is 10. The van der Waals surface area contributed by atoms with Crippen molar-refractivity contribution in [3.05, 3.63) is 65.2 Å². The van der Waals surface area contributed by atoms with E-state index in [2.05, 4.69) is 5.32 Å². The minimum atomic E-state index is -3.76. The molecule has 0 bridgehead atoms. The van der Waals surface area contributed by atoms with Gasteiger partial charge in [0.25, 0.3) is 0 Å². The summed E-state index contributed by atoms with van der Waals surface area (Å²) in [6, 6.07) is 15.2. The molecule has 0 fully saturated rings. The zero-order valence-corrected chi connectivity index (χ0v) is 19.5. The molecule has 2 amide bonds. The first-order valence-electron chi connectivity index (χ1n) is 9.95. The van der Waals surface area contributed by atoms with Crippen LogP contribution in [0, 0.1) is 0 Å². The first-order valence-corrected chi connectivity index (χ1v) is 12.2. The third-order valence-corrected chi connectivity index (χ3v) is 6.27. The molecule has 168 valence electrons. The second-order valence-corrected chi connectivity index (χ2v) is 9.45. The van der Waals surface area contributed by atoms with Gasteiger partial charge in [0, 0.05) is 18.6 Å². The monoisotopic (exact) mass is 465 g/mol. The van der Waals surface area contributed by atoms with Gasteiger partial charge in [-0.15, -0.1) is 0 Å². The van der Waals surface area contributed by atoms with Crippen LogP contribution in [0.2, 0.25) is 5.02 Å². The maximum absolute atomic E-state index is 13.3. The summed E-state index contributed by atoms with van der Waals surface area (Å²) < 4.78 is 25.9. The fraction of sp³-hybridized carbons (Fsp3) is 0.364. The molecule has 0 unspecified atom stereocenters. The van der Waals surface area contributed by atoms with Gasteiger partial charge in [-0.2, -0.15) is 0 Å². The first-order chi connectivity index (χ1) is 14.7. The predicted octanol–water partition coefficient (Wildman–Crippen LogP) is 2.70. The summed E-state index contributed by atoms with van der Waals surface area (Å²) >= 11 is 6.02. The highest BCUT2D eigenvalue weighted by Gasteiger charge is 2.31. The molecule has 0 heterocycles. The van der Waals surface area contributed by atoms with Crippen LogP contribution in [0.5, 0.6) is 0 Å². The second-order valence-electron chi connectivity index (χ2n) is 7.11. The molecule has 0 aliphatic rings. The molecular formula is C22H28ClN3O4S. The van der Waals surface area contributed by atoms with Gasteiger partial charge in [0.05, 0.1) is 11.9 Å². The second kappa shape index (κ2) is 11.2. The molecule has 0 saturated carbocycles. The maximum Gasteiger partial charge on any atom is 0.244 e. The molecule has 31 heavy (non-hydrogen) atoms. The molecule has 0 spiro atoms. The molecule has 0 saturated heterocycles. The molecule has 7 nitrogen and oxygen atoms in total. The van der Waals surface area contributed by atoms with Gasteiger partial charge >= 0.3 is 0 Å². The van der Waals surface area contributed by atoms with Crippen LogP contribution in [-0.2, 0) is 26.0 Å². The number of amides is 2. The molecule has 0 aromatic heterocycles. The van der Waals surface area contributed by atoms with Gasteiger partial charge in [-0.3, -0.25) is 13.9 Å². The van der Waals surface area contributed by atoms with Gasteiger partial charge in [0.15, 0.2) is 0 Å². The maximum atomic E-state index is 13.3. The number of hydrogen-bond acceptors (Lipinski definition) is 4. The number of halogens is 1. The van der Waals surface area contributed by atoms with Crippen LogP contribution in [0.4, 0.5) is 5.69 Å². The Balaban J connectivity index is 2.33. The zero-order valence-electron chi connectivity index (χ0n) is 17.9. The van der Waals surface area contributed by atoms with Crippen molar-refractivity contribution in [2.75, 3.05) is 30.7 Å². The highest BCUT2D eigenvalue weighted by molar-refractivity contribution is 7.92. The average Bonchev–Trinajstić information content (AvgIpc) is 2.74. The Labute approximate surface area is 189 Å². The van der Waals surface area contributed by atoms with Crippen LogP contribution in [0.15, 0.2) is 54.6 Å². The number of sulfonamides is 1. The van der Waals surface area contributed by atoms with E-state index in [1.54, 1.807) is 18.2 Å². The largest absolute Gasteiger partial charge is 0.357 e. The molecule has 0 radical (unpaired) electrons. The summed E-state index contributed by atoms with van der Waals surface area (Å²) in [5.74, 6) is -0.755. The third kappa shape index (κ3) is 6.97. The smallest absolute Gasteiger partial charge is 0.244 e. The van der Waals surface area contributed by atoms with Crippen LogP contribution in [-0.4, -0.2) is 57.6 Å². The highest BCUT2D eigenvalue weighted by atomic mass is 35.5. The van der Waals surface area contributed by atoms with Crippen molar-refractivity contribution in [3.8, 4) is 0 Å². The van der Waals surface area contributed by atoms with E-state index in [1.807, 2.05) is 37.3 Å². The molecule has 2 aromatic rings. The summed E-state index contributed by atoms with van der Waals surface area (Å²) in [5, 5.41) is 2.95. The Morgan fingerprint density at radius 3 is 2.32 bits per heavy atom. The van der Waals surface area contributed by atoms with Crippen LogP contribution in [0.25, 0.3) is 0 Å². The van der Waals surface area contributed by atoms with E-state index in [9.17, 15) is 18.0 Å². The van der Waals surface area contributed by atoms with E-state index in [-0.39, 0.29) is 12.5 Å². The summed E-state index contributed by atoms with van der Waals surface area (Å²) in [7, 11) is -2.25. The van der Waals surface area contributed by atoms with Gasteiger partial charge < -0.3 is 10.2 Å². The number of likely N-dealkylation sites (N-methyl/N-ethyl adjacent to an activating group) is 1. The summed E-state index contributed by atoms with van der Waals surface area (Å²) in [5.41, 5.74) is 1.31. The van der Waals surface area contributed by atoms with E-state index < -0.39 is 28.5 Å². The fourth-order valence-corrected chi connectivity index (χ4v) is 4.33. The normalized spacial score (nSPS) is 12.1. The van der Waals surface area contributed by atoms with Crippen LogP contribution in [0.3, 0.4) is 0 Å². The molecule has 0 aliphatic heterocycles. The van der Waals surface area contributed by atoms with Crippen molar-refractivity contribution in [3.63, 3.8) is 0 Å². The van der Waals surface area contributed by atoms with Crippen LogP contribution >= 0.6 is 11.6 Å². The van der Waals surface area contributed by atoms with Gasteiger partial charge in [0.2, 0.25) is 21.8 Å². The minimum Gasteiger partial charge on any atom is -0.357 e. The molecule has 1 N–H and O–H groups in total. The minimum absolute atomic E-state index is 0.280. The summed E-state index contributed by atoms with van der Waals surface area (Å²) in [4.78, 5) is 27.2.